The molecule has 3 aromatic carbocycles. The van der Waals surface area contributed by atoms with Crippen molar-refractivity contribution < 1.29 is 4.79 Å². The Kier molecular flexibility index (Phi) is 5.14. The summed E-state index contributed by atoms with van der Waals surface area (Å²) in [5.41, 5.74) is 1.56. The van der Waals surface area contributed by atoms with E-state index in [0.29, 0.717) is 37.8 Å². The van der Waals surface area contributed by atoms with Gasteiger partial charge in [0.25, 0.3) is 11.5 Å². The maximum Gasteiger partial charge on any atom is 0.262 e. The number of benzene rings is 3. The molecule has 29 heavy (non-hydrogen) atoms. The van der Waals surface area contributed by atoms with Gasteiger partial charge in [-0.2, -0.15) is 0 Å². The van der Waals surface area contributed by atoms with Crippen LogP contribution in [0.1, 0.15) is 10.4 Å². The highest BCUT2D eigenvalue weighted by atomic mass is 35.5. The van der Waals surface area contributed by atoms with Gasteiger partial charge in [-0.15, -0.1) is 0 Å². The van der Waals surface area contributed by atoms with Crippen molar-refractivity contribution in [3.63, 3.8) is 0 Å². The summed E-state index contributed by atoms with van der Waals surface area (Å²) < 4.78 is 1.47. The van der Waals surface area contributed by atoms with Crippen molar-refractivity contribution in [2.75, 3.05) is 11.9 Å². The van der Waals surface area contributed by atoms with Gasteiger partial charge in [0.2, 0.25) is 0 Å². The predicted molar refractivity (Wildman–Crippen MR) is 119 cm³/mol. The van der Waals surface area contributed by atoms with Gasteiger partial charge in [-0.25, -0.2) is 0 Å². The average Bonchev–Trinajstić information content (AvgIpc) is 2.74. The van der Waals surface area contributed by atoms with E-state index in [4.69, 9.17) is 23.2 Å². The fourth-order valence-electron chi connectivity index (χ4n) is 3.22. The predicted octanol–water partition coefficient (Wildman–Crippen LogP) is 5.57. The summed E-state index contributed by atoms with van der Waals surface area (Å²) in [6, 6.07) is 21.0. The summed E-state index contributed by atoms with van der Waals surface area (Å²) in [5.74, 6) is -0.230. The van der Waals surface area contributed by atoms with Gasteiger partial charge in [0, 0.05) is 45.4 Å². The molecule has 1 amide bonds. The van der Waals surface area contributed by atoms with Crippen molar-refractivity contribution in [3.8, 4) is 5.69 Å². The number of hydrogen-bond acceptors (Lipinski definition) is 2. The van der Waals surface area contributed by atoms with Crippen LogP contribution in [0.5, 0.6) is 0 Å². The molecule has 4 nitrogen and oxygen atoms in total. The highest BCUT2D eigenvalue weighted by Crippen LogP contribution is 2.23. The number of nitrogens with zero attached hydrogens (tertiary/aromatic N) is 2. The van der Waals surface area contributed by atoms with Gasteiger partial charge < -0.3 is 4.90 Å². The molecule has 0 bridgehead atoms. The van der Waals surface area contributed by atoms with Crippen LogP contribution in [0.25, 0.3) is 16.5 Å². The van der Waals surface area contributed by atoms with Gasteiger partial charge in [-0.1, -0.05) is 41.4 Å². The second kappa shape index (κ2) is 7.74. The number of carbonyl (C=O) groups excluding carboxylic acids is 1. The van der Waals surface area contributed by atoms with E-state index in [1.807, 2.05) is 6.07 Å². The first-order valence-electron chi connectivity index (χ1n) is 8.89. The first kappa shape index (κ1) is 19.2. The number of rotatable bonds is 3. The number of anilines is 1. The molecule has 0 fully saturated rings. The number of fused-ring (bicyclic) bond motifs is 1. The molecule has 144 valence electrons. The van der Waals surface area contributed by atoms with Crippen LogP contribution in [-0.4, -0.2) is 17.5 Å². The molecule has 0 radical (unpaired) electrons. The van der Waals surface area contributed by atoms with Gasteiger partial charge in [-0.3, -0.25) is 14.2 Å². The monoisotopic (exact) mass is 422 g/mol. The van der Waals surface area contributed by atoms with Crippen molar-refractivity contribution in [2.45, 2.75) is 0 Å². The zero-order valence-corrected chi connectivity index (χ0v) is 17.0. The summed E-state index contributed by atoms with van der Waals surface area (Å²) in [6.07, 6.45) is 1.59. The van der Waals surface area contributed by atoms with E-state index in [0.717, 1.165) is 0 Å². The molecule has 0 atom stereocenters. The summed E-state index contributed by atoms with van der Waals surface area (Å²) in [4.78, 5) is 27.9. The van der Waals surface area contributed by atoms with Gasteiger partial charge in [0.15, 0.2) is 0 Å². The molecule has 4 rings (SSSR count). The van der Waals surface area contributed by atoms with Gasteiger partial charge in [-0.05, 0) is 54.6 Å². The fourth-order valence-corrected chi connectivity index (χ4v) is 3.47. The lowest BCUT2D eigenvalue weighted by molar-refractivity contribution is 0.0994. The van der Waals surface area contributed by atoms with Crippen LogP contribution in [-0.2, 0) is 0 Å². The molecule has 0 aliphatic heterocycles. The zero-order valence-electron chi connectivity index (χ0n) is 15.5. The van der Waals surface area contributed by atoms with Crippen molar-refractivity contribution in [2.24, 2.45) is 0 Å². The quantitative estimate of drug-likeness (QED) is 0.432. The third-order valence-corrected chi connectivity index (χ3v) is 5.28. The van der Waals surface area contributed by atoms with Crippen LogP contribution < -0.4 is 10.5 Å². The lowest BCUT2D eigenvalue weighted by Gasteiger charge is -2.19. The number of amides is 1. The first-order chi connectivity index (χ1) is 14.0. The molecule has 0 unspecified atom stereocenters. The van der Waals surface area contributed by atoms with Crippen LogP contribution in [0, 0.1) is 0 Å². The molecule has 0 N–H and O–H groups in total. The number of aromatic nitrogens is 1. The van der Waals surface area contributed by atoms with Gasteiger partial charge in [0.05, 0.1) is 5.56 Å². The average molecular weight is 423 g/mol. The van der Waals surface area contributed by atoms with Crippen molar-refractivity contribution in [1.82, 2.24) is 4.57 Å². The van der Waals surface area contributed by atoms with Crippen molar-refractivity contribution >= 4 is 45.6 Å². The van der Waals surface area contributed by atoms with Crippen LogP contribution in [0.2, 0.25) is 10.0 Å². The van der Waals surface area contributed by atoms with E-state index in [9.17, 15) is 9.59 Å². The summed E-state index contributed by atoms with van der Waals surface area (Å²) in [5, 5.41) is 2.24. The third-order valence-electron chi connectivity index (χ3n) is 4.78. The third kappa shape index (κ3) is 3.65. The highest BCUT2D eigenvalue weighted by molar-refractivity contribution is 6.31. The highest BCUT2D eigenvalue weighted by Gasteiger charge is 2.19. The maximum atomic E-state index is 13.3. The molecule has 0 aliphatic carbocycles. The molecule has 0 aliphatic rings. The lowest BCUT2D eigenvalue weighted by Crippen LogP contribution is -2.29. The Morgan fingerprint density at radius 1 is 0.828 bits per heavy atom. The Morgan fingerprint density at radius 2 is 1.38 bits per heavy atom. The molecule has 6 heteroatoms. The Bertz CT molecular complexity index is 1260. The van der Waals surface area contributed by atoms with Crippen LogP contribution in [0.4, 0.5) is 5.69 Å². The Balaban J connectivity index is 1.90. The Hall–Kier alpha value is -3.08. The SMILES string of the molecule is CN(C(=O)c1cn(-c2ccc(Cl)cc2)c(=O)c2ccccc12)c1ccc(Cl)cc1. The molecule has 0 saturated carbocycles. The molecule has 1 heterocycles. The standard InChI is InChI=1S/C23H16Cl2N2O2/c1-26(17-10-6-15(24)7-11-17)22(28)21-14-27(18-12-8-16(25)9-13-18)23(29)20-5-3-2-4-19(20)21/h2-14H,1H3. The molecule has 4 aromatic rings. The topological polar surface area (TPSA) is 42.3 Å². The minimum Gasteiger partial charge on any atom is -0.311 e. The number of hydrogen-bond donors (Lipinski definition) is 0. The number of carbonyl (C=O) groups is 1. The zero-order chi connectivity index (χ0) is 20.5. The van der Waals surface area contributed by atoms with E-state index in [-0.39, 0.29) is 11.5 Å². The molecule has 0 saturated heterocycles. The second-order valence-corrected chi connectivity index (χ2v) is 7.45. The van der Waals surface area contributed by atoms with Crippen LogP contribution in [0.3, 0.4) is 0 Å². The minimum absolute atomic E-state index is 0.200. The normalized spacial score (nSPS) is 10.9. The van der Waals surface area contributed by atoms with E-state index < -0.39 is 0 Å². The van der Waals surface area contributed by atoms with Crippen LogP contribution >= 0.6 is 23.2 Å². The second-order valence-electron chi connectivity index (χ2n) is 6.58. The largest absolute Gasteiger partial charge is 0.311 e. The number of pyridine rings is 1. The fraction of sp³-hybridized carbons (Fsp3) is 0.0435. The van der Waals surface area contributed by atoms with Gasteiger partial charge in [0.1, 0.15) is 0 Å². The summed E-state index contributed by atoms with van der Waals surface area (Å²) in [7, 11) is 1.69. The minimum atomic E-state index is -0.230. The Morgan fingerprint density at radius 3 is 2.00 bits per heavy atom. The Labute approximate surface area is 177 Å². The molecule has 1 aromatic heterocycles. The van der Waals surface area contributed by atoms with E-state index in [1.54, 1.807) is 80.0 Å². The lowest BCUT2D eigenvalue weighted by atomic mass is 10.1. The van der Waals surface area contributed by atoms with Crippen molar-refractivity contribution in [3.05, 3.63) is 105 Å². The van der Waals surface area contributed by atoms with Gasteiger partial charge >= 0.3 is 0 Å². The van der Waals surface area contributed by atoms with E-state index >= 15 is 0 Å². The summed E-state index contributed by atoms with van der Waals surface area (Å²) in [6.45, 7) is 0. The molecular weight excluding hydrogens is 407 g/mol. The van der Waals surface area contributed by atoms with E-state index in [2.05, 4.69) is 0 Å². The van der Waals surface area contributed by atoms with Crippen molar-refractivity contribution in [1.29, 1.82) is 0 Å². The van der Waals surface area contributed by atoms with E-state index in [1.165, 1.54) is 9.47 Å². The van der Waals surface area contributed by atoms with Crippen LogP contribution in [0.15, 0.2) is 83.8 Å². The maximum absolute atomic E-state index is 13.3. The first-order valence-corrected chi connectivity index (χ1v) is 9.65. The molecular formula is C23H16Cl2N2O2. The number of halogens is 2. The smallest absolute Gasteiger partial charge is 0.262 e. The molecule has 0 spiro atoms. The summed E-state index contributed by atoms with van der Waals surface area (Å²) >= 11 is 11.9.